The van der Waals surface area contributed by atoms with Crippen molar-refractivity contribution < 1.29 is 9.59 Å². The molecule has 1 fully saturated rings. The molecule has 0 radical (unpaired) electrons. The van der Waals surface area contributed by atoms with Gasteiger partial charge in [-0.15, -0.1) is 0 Å². The first kappa shape index (κ1) is 3.33. The maximum atomic E-state index is 9.78. The molecular formula is C3H3NO2. The number of amides is 2. The van der Waals surface area contributed by atoms with Crippen LogP contribution in [0.1, 0.15) is 6.42 Å². The largest absolute Gasteiger partial charge is 0.296 e. The van der Waals surface area contributed by atoms with E-state index in [-0.39, 0.29) is 18.2 Å². The molecule has 3 nitrogen and oxygen atoms in total. The Balaban J connectivity index is 2.47. The molecule has 0 unspecified atom stereocenters. The summed E-state index contributed by atoms with van der Waals surface area (Å²) in [5.74, 6) is -0.333. The highest BCUT2D eigenvalue weighted by molar-refractivity contribution is 6.14. The standard InChI is InChI=1S/C3H3NO2/c5-2-1-3(6)4-2/h1H2,(H,4,5,6). The summed E-state index contributed by atoms with van der Waals surface area (Å²) in [6.07, 6.45) is 0.0833. The summed E-state index contributed by atoms with van der Waals surface area (Å²) >= 11 is 0. The smallest absolute Gasteiger partial charge is 0.236 e. The summed E-state index contributed by atoms with van der Waals surface area (Å²) < 4.78 is 0. The van der Waals surface area contributed by atoms with E-state index < -0.39 is 0 Å². The molecule has 0 spiro atoms. The number of rotatable bonds is 0. The van der Waals surface area contributed by atoms with Crippen LogP contribution in [0, 0.1) is 0 Å². The Morgan fingerprint density at radius 3 is 1.67 bits per heavy atom. The van der Waals surface area contributed by atoms with Crippen molar-refractivity contribution in [3.63, 3.8) is 0 Å². The number of nitrogens with one attached hydrogen (secondary N) is 1. The van der Waals surface area contributed by atoms with Crippen LogP contribution in [-0.4, -0.2) is 11.8 Å². The number of carbonyl (C=O) groups excluding carboxylic acids is 2. The Hall–Kier alpha value is -0.860. The van der Waals surface area contributed by atoms with Crippen LogP contribution in [0.5, 0.6) is 0 Å². The van der Waals surface area contributed by atoms with Gasteiger partial charge in [-0.1, -0.05) is 0 Å². The van der Waals surface area contributed by atoms with E-state index in [2.05, 4.69) is 0 Å². The summed E-state index contributed by atoms with van der Waals surface area (Å²) in [5, 5.41) is 2.03. The van der Waals surface area contributed by atoms with Gasteiger partial charge in [0.25, 0.3) is 0 Å². The molecule has 0 atom stereocenters. The van der Waals surface area contributed by atoms with E-state index in [9.17, 15) is 9.59 Å². The minimum Gasteiger partial charge on any atom is -0.296 e. The molecule has 0 bridgehead atoms. The van der Waals surface area contributed by atoms with Crippen LogP contribution in [0.15, 0.2) is 0 Å². The third-order valence-corrected chi connectivity index (χ3v) is 0.600. The van der Waals surface area contributed by atoms with Crippen molar-refractivity contribution in [2.75, 3.05) is 0 Å². The number of imide groups is 1. The number of β-lactam (4-membered cyclic amide) rings is 2. The SMILES string of the molecule is O=C1CC(=O)N1. The van der Waals surface area contributed by atoms with Crippen LogP contribution in [0.4, 0.5) is 0 Å². The highest BCUT2D eigenvalue weighted by atomic mass is 16.2. The fraction of sp³-hybridized carbons (Fsp3) is 0.333. The Labute approximate surface area is 34.3 Å². The molecule has 1 aliphatic rings. The highest BCUT2D eigenvalue weighted by Gasteiger charge is 2.20. The highest BCUT2D eigenvalue weighted by Crippen LogP contribution is 1.89. The van der Waals surface area contributed by atoms with E-state index >= 15 is 0 Å². The molecule has 0 aromatic heterocycles. The van der Waals surface area contributed by atoms with Gasteiger partial charge in [-0.05, 0) is 0 Å². The molecule has 0 saturated carbocycles. The molecule has 0 aliphatic carbocycles. The number of carbonyl (C=O) groups is 2. The van der Waals surface area contributed by atoms with E-state index in [0.717, 1.165) is 0 Å². The molecule has 32 valence electrons. The first-order chi connectivity index (χ1) is 2.79. The lowest BCUT2D eigenvalue weighted by atomic mass is 10.3. The normalized spacial score (nSPS) is 19.3. The van der Waals surface area contributed by atoms with E-state index in [1.165, 1.54) is 0 Å². The maximum Gasteiger partial charge on any atom is 0.236 e. The molecule has 0 aromatic carbocycles. The first-order valence-electron chi connectivity index (χ1n) is 1.62. The average molecular weight is 85.1 g/mol. The molecule has 3 heteroatoms. The first-order valence-corrected chi connectivity index (χ1v) is 1.62. The van der Waals surface area contributed by atoms with Gasteiger partial charge < -0.3 is 0 Å². The summed E-state index contributed by atoms with van der Waals surface area (Å²) in [5.41, 5.74) is 0. The van der Waals surface area contributed by atoms with Crippen LogP contribution in [0.2, 0.25) is 0 Å². The number of hydrogen-bond acceptors (Lipinski definition) is 2. The van der Waals surface area contributed by atoms with Crippen molar-refractivity contribution in [1.82, 2.24) is 5.32 Å². The van der Waals surface area contributed by atoms with Crippen molar-refractivity contribution in [3.8, 4) is 0 Å². The predicted octanol–water partition coefficient (Wildman–Crippen LogP) is -0.967. The van der Waals surface area contributed by atoms with Gasteiger partial charge in [-0.3, -0.25) is 14.9 Å². The predicted molar refractivity (Wildman–Crippen MR) is 17.8 cm³/mol. The van der Waals surface area contributed by atoms with Gasteiger partial charge >= 0.3 is 0 Å². The van der Waals surface area contributed by atoms with Gasteiger partial charge in [-0.2, -0.15) is 0 Å². The zero-order chi connectivity index (χ0) is 4.57. The molecule has 6 heavy (non-hydrogen) atoms. The third kappa shape index (κ3) is 0.282. The lowest BCUT2D eigenvalue weighted by Gasteiger charge is -2.08. The lowest BCUT2D eigenvalue weighted by Crippen LogP contribution is -2.43. The second kappa shape index (κ2) is 0.801. The van der Waals surface area contributed by atoms with Crippen LogP contribution in [0.25, 0.3) is 0 Å². The Kier molecular flexibility index (Phi) is 0.445. The van der Waals surface area contributed by atoms with Gasteiger partial charge in [0.2, 0.25) is 11.8 Å². The van der Waals surface area contributed by atoms with E-state index in [0.29, 0.717) is 0 Å². The second-order valence-corrected chi connectivity index (χ2v) is 1.15. The van der Waals surface area contributed by atoms with Crippen LogP contribution < -0.4 is 5.32 Å². The van der Waals surface area contributed by atoms with Crippen molar-refractivity contribution in [1.29, 1.82) is 0 Å². The quantitative estimate of drug-likeness (QED) is 0.304. The molecule has 1 rings (SSSR count). The minimum absolute atomic E-state index is 0.0833. The molecule has 1 heterocycles. The van der Waals surface area contributed by atoms with E-state index in [4.69, 9.17) is 0 Å². The average Bonchev–Trinajstić information content (AvgIpc) is 1.33. The Morgan fingerprint density at radius 2 is 1.67 bits per heavy atom. The monoisotopic (exact) mass is 85.0 g/mol. The van der Waals surface area contributed by atoms with Crippen LogP contribution in [0.3, 0.4) is 0 Å². The Bertz CT molecular complexity index is 85.4. The van der Waals surface area contributed by atoms with Gasteiger partial charge in [0.15, 0.2) is 0 Å². The maximum absolute atomic E-state index is 9.78. The molecule has 0 aromatic rings. The second-order valence-electron chi connectivity index (χ2n) is 1.15. The van der Waals surface area contributed by atoms with E-state index in [1.54, 1.807) is 0 Å². The van der Waals surface area contributed by atoms with Crippen molar-refractivity contribution in [3.05, 3.63) is 0 Å². The fourth-order valence-electron chi connectivity index (χ4n) is 0.283. The van der Waals surface area contributed by atoms with Crippen molar-refractivity contribution in [2.24, 2.45) is 0 Å². The molecule has 1 saturated heterocycles. The lowest BCUT2D eigenvalue weighted by molar-refractivity contribution is -0.140. The third-order valence-electron chi connectivity index (χ3n) is 0.600. The van der Waals surface area contributed by atoms with Crippen LogP contribution in [-0.2, 0) is 9.59 Å². The topological polar surface area (TPSA) is 46.2 Å². The molecule has 1 aliphatic heterocycles. The van der Waals surface area contributed by atoms with Crippen molar-refractivity contribution in [2.45, 2.75) is 6.42 Å². The fourth-order valence-corrected chi connectivity index (χ4v) is 0.283. The number of hydrogen-bond donors (Lipinski definition) is 1. The van der Waals surface area contributed by atoms with Crippen molar-refractivity contribution >= 4 is 11.8 Å². The van der Waals surface area contributed by atoms with E-state index in [1.807, 2.05) is 5.32 Å². The molecule has 1 N–H and O–H groups in total. The summed E-state index contributed by atoms with van der Waals surface area (Å²) in [7, 11) is 0. The zero-order valence-corrected chi connectivity index (χ0v) is 3.02. The molecule has 2 amide bonds. The van der Waals surface area contributed by atoms with Gasteiger partial charge in [-0.25, -0.2) is 0 Å². The van der Waals surface area contributed by atoms with Gasteiger partial charge in [0.05, 0.1) is 0 Å². The van der Waals surface area contributed by atoms with Crippen LogP contribution >= 0.6 is 0 Å². The summed E-state index contributed by atoms with van der Waals surface area (Å²) in [4.78, 5) is 19.6. The summed E-state index contributed by atoms with van der Waals surface area (Å²) in [6, 6.07) is 0. The van der Waals surface area contributed by atoms with Gasteiger partial charge in [0, 0.05) is 0 Å². The molecular weight excluding hydrogens is 82.0 g/mol. The zero-order valence-electron chi connectivity index (χ0n) is 3.02. The van der Waals surface area contributed by atoms with Gasteiger partial charge in [0.1, 0.15) is 6.42 Å². The minimum atomic E-state index is -0.167. The summed E-state index contributed by atoms with van der Waals surface area (Å²) in [6.45, 7) is 0. The Morgan fingerprint density at radius 1 is 1.33 bits per heavy atom.